The minimum absolute atomic E-state index is 0.0579. The zero-order chi connectivity index (χ0) is 26.4. The normalized spacial score (nSPS) is 26.0. The molecule has 4 aliphatic rings. The monoisotopic (exact) mass is 523 g/mol. The van der Waals surface area contributed by atoms with E-state index in [0.29, 0.717) is 42.4 Å². The molecule has 4 atom stereocenters. The van der Waals surface area contributed by atoms with Gasteiger partial charge in [-0.2, -0.15) is 13.2 Å². The number of aliphatic imine (C=N–C) groups is 1. The molecule has 1 aromatic heterocycles. The van der Waals surface area contributed by atoms with Crippen molar-refractivity contribution >= 4 is 5.96 Å². The molecule has 0 spiro atoms. The number of rotatable bonds is 3. The van der Waals surface area contributed by atoms with Crippen LogP contribution in [0.3, 0.4) is 0 Å². The molecule has 1 aromatic carbocycles. The van der Waals surface area contributed by atoms with Crippen LogP contribution in [0, 0.1) is 12.8 Å². The number of para-hydroxylation sites is 1. The summed E-state index contributed by atoms with van der Waals surface area (Å²) in [5.74, 6) is -0.309. The predicted molar refractivity (Wildman–Crippen MR) is 137 cm³/mol. The van der Waals surface area contributed by atoms with Gasteiger partial charge in [0.15, 0.2) is 5.96 Å². The smallest absolute Gasteiger partial charge is 0.395 e. The molecule has 1 N–H and O–H groups in total. The molecule has 0 fully saturated rings. The van der Waals surface area contributed by atoms with Crippen molar-refractivity contribution in [1.29, 1.82) is 0 Å². The lowest BCUT2D eigenvalue weighted by Gasteiger charge is -2.32. The molecular weight excluding hydrogens is 495 g/mol. The van der Waals surface area contributed by atoms with Crippen LogP contribution in [-0.2, 0) is 13.0 Å². The van der Waals surface area contributed by atoms with E-state index in [0.717, 1.165) is 5.56 Å². The van der Waals surface area contributed by atoms with Gasteiger partial charge in [-0.25, -0.2) is 9.98 Å². The van der Waals surface area contributed by atoms with Crippen LogP contribution in [-0.4, -0.2) is 45.2 Å². The molecule has 38 heavy (non-hydrogen) atoms. The number of halogens is 3. The number of ether oxygens (including phenoxy) is 1. The predicted octanol–water partition coefficient (Wildman–Crippen LogP) is 4.59. The van der Waals surface area contributed by atoms with Gasteiger partial charge in [-0.15, -0.1) is 0 Å². The average Bonchev–Trinajstić information content (AvgIpc) is 3.34. The maximum atomic E-state index is 13.9. The molecule has 0 radical (unpaired) electrons. The number of nitrogens with one attached hydrogen (secondary N) is 1. The van der Waals surface area contributed by atoms with Crippen molar-refractivity contribution in [3.05, 3.63) is 87.9 Å². The first-order chi connectivity index (χ1) is 18.3. The van der Waals surface area contributed by atoms with Crippen LogP contribution in [0.1, 0.15) is 35.7 Å². The lowest BCUT2D eigenvalue weighted by Crippen LogP contribution is -2.48. The van der Waals surface area contributed by atoms with E-state index in [1.807, 2.05) is 60.4 Å². The fraction of sp³-hybridized carbons (Fsp3) is 0.393. The van der Waals surface area contributed by atoms with Crippen LogP contribution in [0.2, 0.25) is 0 Å². The third kappa shape index (κ3) is 4.52. The van der Waals surface area contributed by atoms with E-state index in [4.69, 9.17) is 9.72 Å². The molecular formula is C28H28F3N5O2. The van der Waals surface area contributed by atoms with E-state index in [1.165, 1.54) is 12.2 Å². The van der Waals surface area contributed by atoms with Crippen LogP contribution in [0.4, 0.5) is 13.2 Å². The second-order valence-electron chi connectivity index (χ2n) is 10.1. The van der Waals surface area contributed by atoms with Crippen LogP contribution in [0.25, 0.3) is 0 Å². The second kappa shape index (κ2) is 9.49. The summed E-state index contributed by atoms with van der Waals surface area (Å²) in [5, 5.41) is 3.19. The number of aryl methyl sites for hydroxylation is 1. The Bertz CT molecular complexity index is 1420. The van der Waals surface area contributed by atoms with Gasteiger partial charge in [0.05, 0.1) is 41.8 Å². The molecule has 2 aromatic rings. The topological polar surface area (TPSA) is 71.8 Å². The molecule has 2 aliphatic carbocycles. The highest BCUT2D eigenvalue weighted by atomic mass is 19.4. The zero-order valence-electron chi connectivity index (χ0n) is 20.9. The fourth-order valence-electron chi connectivity index (χ4n) is 5.45. The van der Waals surface area contributed by atoms with Crippen molar-refractivity contribution in [3.8, 4) is 11.8 Å². The lowest BCUT2D eigenvalue weighted by molar-refractivity contribution is -0.164. The Morgan fingerprint density at radius 3 is 2.74 bits per heavy atom. The van der Waals surface area contributed by atoms with Crippen LogP contribution < -0.4 is 15.6 Å². The highest BCUT2D eigenvalue weighted by molar-refractivity contribution is 5.83. The Balaban J connectivity index is 1.29. The van der Waals surface area contributed by atoms with E-state index in [2.05, 4.69) is 10.3 Å². The Kier molecular flexibility index (Phi) is 6.12. The third-order valence-corrected chi connectivity index (χ3v) is 7.58. The number of hydrogen-bond acceptors (Lipinski definition) is 6. The molecule has 0 saturated heterocycles. The Hall–Kier alpha value is -3.82. The van der Waals surface area contributed by atoms with Crippen molar-refractivity contribution in [2.75, 3.05) is 6.54 Å². The van der Waals surface area contributed by atoms with Crippen molar-refractivity contribution in [1.82, 2.24) is 19.8 Å². The molecule has 4 unspecified atom stereocenters. The highest BCUT2D eigenvalue weighted by Gasteiger charge is 2.44. The third-order valence-electron chi connectivity index (χ3n) is 7.58. The van der Waals surface area contributed by atoms with Crippen LogP contribution in [0.5, 0.6) is 11.8 Å². The summed E-state index contributed by atoms with van der Waals surface area (Å²) in [5.41, 5.74) is 1.99. The summed E-state index contributed by atoms with van der Waals surface area (Å²) in [6.07, 6.45) is 7.36. The average molecular weight is 524 g/mol. The largest absolute Gasteiger partial charge is 0.425 e. The van der Waals surface area contributed by atoms with Gasteiger partial charge in [-0.05, 0) is 31.4 Å². The van der Waals surface area contributed by atoms with Gasteiger partial charge >= 0.3 is 12.2 Å². The standard InChI is InChI=1S/C28H28F3N5O2/c1-17-7-5-6-10-24(17)38-27-34-21-13-14-35(16-20(21)25(37)36(27)19-8-3-2-4-9-19)26-32-22-12-11-18(28(29,30)31)15-23(22)33-26/h2-8,10-12,18-19,22-23H,9,13-16H2,1H3,(H,32,33). The molecule has 2 aliphatic heterocycles. The molecule has 6 rings (SSSR count). The molecule has 198 valence electrons. The molecule has 0 bridgehead atoms. The molecule has 10 heteroatoms. The number of hydrogen-bond donors (Lipinski definition) is 1. The van der Waals surface area contributed by atoms with Gasteiger partial charge in [-0.3, -0.25) is 9.36 Å². The second-order valence-corrected chi connectivity index (χ2v) is 10.1. The quantitative estimate of drug-likeness (QED) is 0.596. The van der Waals surface area contributed by atoms with Gasteiger partial charge in [0.1, 0.15) is 5.75 Å². The first-order valence-electron chi connectivity index (χ1n) is 12.8. The molecule has 0 saturated carbocycles. The van der Waals surface area contributed by atoms with E-state index >= 15 is 0 Å². The zero-order valence-corrected chi connectivity index (χ0v) is 20.9. The Morgan fingerprint density at radius 1 is 1.13 bits per heavy atom. The van der Waals surface area contributed by atoms with E-state index in [9.17, 15) is 18.0 Å². The Labute approximate surface area is 218 Å². The van der Waals surface area contributed by atoms with Crippen molar-refractivity contribution < 1.29 is 17.9 Å². The van der Waals surface area contributed by atoms with Crippen molar-refractivity contribution in [3.63, 3.8) is 0 Å². The highest BCUT2D eigenvalue weighted by Crippen LogP contribution is 2.36. The van der Waals surface area contributed by atoms with Crippen LogP contribution >= 0.6 is 0 Å². The summed E-state index contributed by atoms with van der Waals surface area (Å²) in [4.78, 5) is 25.3. The SMILES string of the molecule is Cc1ccccc1Oc1nc2c(c(=O)n1C1C=CC=CC1)CN(C1=NC3C=CC(C(F)(F)F)CC3N1)CC2. The lowest BCUT2D eigenvalue weighted by atomic mass is 9.89. The van der Waals surface area contributed by atoms with E-state index < -0.39 is 18.1 Å². The molecule has 0 amide bonds. The number of benzene rings is 1. The first kappa shape index (κ1) is 24.5. The minimum Gasteiger partial charge on any atom is -0.425 e. The number of aromatic nitrogens is 2. The van der Waals surface area contributed by atoms with Crippen molar-refractivity contribution in [2.24, 2.45) is 10.9 Å². The minimum atomic E-state index is -4.27. The summed E-state index contributed by atoms with van der Waals surface area (Å²) in [6.45, 7) is 2.75. The number of allylic oxidation sites excluding steroid dienone is 5. The summed E-state index contributed by atoms with van der Waals surface area (Å²) >= 11 is 0. The van der Waals surface area contributed by atoms with Gasteiger partial charge in [-0.1, -0.05) is 54.7 Å². The van der Waals surface area contributed by atoms with Crippen LogP contribution in [0.15, 0.2) is 70.5 Å². The van der Waals surface area contributed by atoms with Gasteiger partial charge in [0.2, 0.25) is 0 Å². The fourth-order valence-corrected chi connectivity index (χ4v) is 5.45. The van der Waals surface area contributed by atoms with Gasteiger partial charge < -0.3 is 15.0 Å². The Morgan fingerprint density at radius 2 is 1.97 bits per heavy atom. The number of nitrogens with zero attached hydrogens (tertiary/aromatic N) is 4. The number of guanidine groups is 1. The van der Waals surface area contributed by atoms with E-state index in [-0.39, 0.29) is 36.6 Å². The first-order valence-corrected chi connectivity index (χ1v) is 12.8. The van der Waals surface area contributed by atoms with Gasteiger partial charge in [0.25, 0.3) is 5.56 Å². The number of alkyl halides is 3. The van der Waals surface area contributed by atoms with Crippen molar-refractivity contribution in [2.45, 2.75) is 57.0 Å². The summed E-state index contributed by atoms with van der Waals surface area (Å²) in [6, 6.07) is 6.85. The van der Waals surface area contributed by atoms with Gasteiger partial charge in [0, 0.05) is 13.0 Å². The summed E-state index contributed by atoms with van der Waals surface area (Å²) < 4.78 is 47.6. The molecule has 3 heterocycles. The summed E-state index contributed by atoms with van der Waals surface area (Å²) in [7, 11) is 0. The maximum absolute atomic E-state index is 13.9. The maximum Gasteiger partial charge on any atom is 0.395 e. The van der Waals surface area contributed by atoms with E-state index in [1.54, 1.807) is 4.57 Å². The molecule has 7 nitrogen and oxygen atoms in total. The number of fused-ring (bicyclic) bond motifs is 2.